The molecule has 0 radical (unpaired) electrons. The van der Waals surface area contributed by atoms with Gasteiger partial charge in [-0.25, -0.2) is 4.39 Å². The van der Waals surface area contributed by atoms with Gasteiger partial charge in [0.1, 0.15) is 5.82 Å². The highest BCUT2D eigenvalue weighted by molar-refractivity contribution is 14.1. The molecule has 0 unspecified atom stereocenters. The van der Waals surface area contributed by atoms with Gasteiger partial charge in [0, 0.05) is 12.1 Å². The fourth-order valence-corrected chi connectivity index (χ4v) is 1.99. The van der Waals surface area contributed by atoms with Crippen LogP contribution in [0.25, 0.3) is 0 Å². The first-order chi connectivity index (χ1) is 7.25. The lowest BCUT2D eigenvalue weighted by molar-refractivity contribution is 0.581. The molecule has 0 saturated heterocycles. The molecular formula is C11H14ClFIN. The first kappa shape index (κ1) is 13.2. The quantitative estimate of drug-likeness (QED) is 0.472. The summed E-state index contributed by atoms with van der Waals surface area (Å²) in [5.74, 6) is -0.305. The van der Waals surface area contributed by atoms with E-state index in [4.69, 9.17) is 11.6 Å². The minimum absolute atomic E-state index is 0.196. The van der Waals surface area contributed by atoms with E-state index in [2.05, 4.69) is 27.9 Å². The van der Waals surface area contributed by atoms with Crippen molar-refractivity contribution in [1.82, 2.24) is 5.32 Å². The second-order valence-electron chi connectivity index (χ2n) is 3.29. The number of halogens is 3. The summed E-state index contributed by atoms with van der Waals surface area (Å²) in [6.45, 7) is 1.47. The maximum atomic E-state index is 13.4. The highest BCUT2D eigenvalue weighted by atomic mass is 127. The van der Waals surface area contributed by atoms with Crippen molar-refractivity contribution < 1.29 is 4.39 Å². The monoisotopic (exact) mass is 341 g/mol. The van der Waals surface area contributed by atoms with E-state index in [1.807, 2.05) is 0 Å². The van der Waals surface area contributed by atoms with Crippen LogP contribution in [0, 0.1) is 5.82 Å². The summed E-state index contributed by atoms with van der Waals surface area (Å²) in [4.78, 5) is 0. The number of rotatable bonds is 6. The van der Waals surface area contributed by atoms with Gasteiger partial charge in [0.2, 0.25) is 0 Å². The fraction of sp³-hybridized carbons (Fsp3) is 0.455. The number of hydrogen-bond donors (Lipinski definition) is 1. The largest absolute Gasteiger partial charge is 0.313 e. The summed E-state index contributed by atoms with van der Waals surface area (Å²) in [7, 11) is 0. The van der Waals surface area contributed by atoms with Crippen molar-refractivity contribution in [1.29, 1.82) is 0 Å². The normalized spacial score (nSPS) is 10.6. The Labute approximate surface area is 109 Å². The van der Waals surface area contributed by atoms with Crippen LogP contribution in [0.4, 0.5) is 4.39 Å². The molecule has 0 amide bonds. The Morgan fingerprint density at radius 1 is 1.33 bits per heavy atom. The minimum atomic E-state index is -0.305. The molecule has 0 bridgehead atoms. The molecule has 0 atom stereocenters. The number of unbranched alkanes of at least 4 members (excludes halogenated alkanes) is 1. The SMILES string of the molecule is Fc1c(Cl)cccc1CNCCCCI. The maximum absolute atomic E-state index is 13.4. The predicted molar refractivity (Wildman–Crippen MR) is 71.2 cm³/mol. The van der Waals surface area contributed by atoms with E-state index in [-0.39, 0.29) is 10.8 Å². The van der Waals surface area contributed by atoms with Gasteiger partial charge < -0.3 is 5.32 Å². The Bertz CT molecular complexity index is 307. The Kier molecular flexibility index (Phi) is 6.52. The van der Waals surface area contributed by atoms with Crippen molar-refractivity contribution in [3.8, 4) is 0 Å². The summed E-state index contributed by atoms with van der Waals surface area (Å²) < 4.78 is 14.6. The molecule has 1 aromatic carbocycles. The van der Waals surface area contributed by atoms with Crippen LogP contribution in [0.5, 0.6) is 0 Å². The predicted octanol–water partition coefficient (Wildman–Crippen LogP) is 3.78. The molecule has 0 aliphatic heterocycles. The third-order valence-corrected chi connectivity index (χ3v) is 3.14. The average molecular weight is 342 g/mol. The van der Waals surface area contributed by atoms with E-state index in [1.54, 1.807) is 18.2 Å². The van der Waals surface area contributed by atoms with Crippen molar-refractivity contribution in [3.63, 3.8) is 0 Å². The summed E-state index contributed by atoms with van der Waals surface area (Å²) in [5, 5.41) is 3.40. The van der Waals surface area contributed by atoms with Gasteiger partial charge in [-0.15, -0.1) is 0 Å². The topological polar surface area (TPSA) is 12.0 Å². The lowest BCUT2D eigenvalue weighted by atomic mass is 10.2. The first-order valence-corrected chi connectivity index (χ1v) is 6.85. The van der Waals surface area contributed by atoms with Crippen LogP contribution in [0.15, 0.2) is 18.2 Å². The molecule has 0 heterocycles. The van der Waals surface area contributed by atoms with E-state index in [1.165, 1.54) is 10.8 Å². The van der Waals surface area contributed by atoms with E-state index in [0.29, 0.717) is 12.1 Å². The number of benzene rings is 1. The average Bonchev–Trinajstić information content (AvgIpc) is 2.24. The van der Waals surface area contributed by atoms with Gasteiger partial charge in [-0.05, 0) is 29.9 Å². The lowest BCUT2D eigenvalue weighted by Gasteiger charge is -2.06. The molecule has 1 aromatic rings. The fourth-order valence-electron chi connectivity index (χ4n) is 1.25. The molecule has 84 valence electrons. The molecular weight excluding hydrogens is 327 g/mol. The van der Waals surface area contributed by atoms with Crippen LogP contribution in [-0.2, 0) is 6.54 Å². The molecule has 0 aliphatic rings. The zero-order chi connectivity index (χ0) is 11.1. The molecule has 0 aromatic heterocycles. The molecule has 4 heteroatoms. The highest BCUT2D eigenvalue weighted by Crippen LogP contribution is 2.17. The van der Waals surface area contributed by atoms with Crippen molar-refractivity contribution in [2.45, 2.75) is 19.4 Å². The molecule has 1 rings (SSSR count). The zero-order valence-corrected chi connectivity index (χ0v) is 11.3. The van der Waals surface area contributed by atoms with Crippen LogP contribution in [-0.4, -0.2) is 11.0 Å². The standard InChI is InChI=1S/C11H14ClFIN/c12-10-5-3-4-9(11(10)13)8-15-7-2-1-6-14/h3-5,15H,1-2,6-8H2. The zero-order valence-electron chi connectivity index (χ0n) is 8.40. The smallest absolute Gasteiger partial charge is 0.146 e. The van der Waals surface area contributed by atoms with E-state index >= 15 is 0 Å². The van der Waals surface area contributed by atoms with Gasteiger partial charge in [0.25, 0.3) is 0 Å². The van der Waals surface area contributed by atoms with Crippen molar-refractivity contribution in [3.05, 3.63) is 34.6 Å². The van der Waals surface area contributed by atoms with Gasteiger partial charge in [-0.2, -0.15) is 0 Å². The van der Waals surface area contributed by atoms with Crippen LogP contribution in [0.1, 0.15) is 18.4 Å². The minimum Gasteiger partial charge on any atom is -0.313 e. The van der Waals surface area contributed by atoms with Crippen molar-refractivity contribution >= 4 is 34.2 Å². The molecule has 0 fully saturated rings. The second-order valence-corrected chi connectivity index (χ2v) is 4.77. The van der Waals surface area contributed by atoms with Crippen LogP contribution in [0.2, 0.25) is 5.02 Å². The molecule has 0 spiro atoms. The van der Waals surface area contributed by atoms with E-state index in [0.717, 1.165) is 13.0 Å². The van der Waals surface area contributed by atoms with E-state index in [9.17, 15) is 4.39 Å². The Hall–Kier alpha value is 0.130. The Morgan fingerprint density at radius 3 is 2.87 bits per heavy atom. The van der Waals surface area contributed by atoms with Gasteiger partial charge in [0.05, 0.1) is 5.02 Å². The van der Waals surface area contributed by atoms with Gasteiger partial charge >= 0.3 is 0 Å². The Morgan fingerprint density at radius 2 is 2.13 bits per heavy atom. The number of alkyl halides is 1. The van der Waals surface area contributed by atoms with Crippen LogP contribution >= 0.6 is 34.2 Å². The van der Waals surface area contributed by atoms with Crippen LogP contribution < -0.4 is 5.32 Å². The van der Waals surface area contributed by atoms with E-state index < -0.39 is 0 Å². The number of hydrogen-bond acceptors (Lipinski definition) is 1. The highest BCUT2D eigenvalue weighted by Gasteiger charge is 2.04. The first-order valence-electron chi connectivity index (χ1n) is 4.95. The molecule has 1 N–H and O–H groups in total. The summed E-state index contributed by atoms with van der Waals surface area (Å²) >= 11 is 8.03. The summed E-state index contributed by atoms with van der Waals surface area (Å²) in [6, 6.07) is 5.09. The molecule has 0 aliphatic carbocycles. The van der Waals surface area contributed by atoms with Crippen molar-refractivity contribution in [2.24, 2.45) is 0 Å². The lowest BCUT2D eigenvalue weighted by Crippen LogP contribution is -2.15. The summed E-state index contributed by atoms with van der Waals surface area (Å²) in [5.41, 5.74) is 0.636. The molecule has 15 heavy (non-hydrogen) atoms. The van der Waals surface area contributed by atoms with Crippen molar-refractivity contribution in [2.75, 3.05) is 11.0 Å². The third-order valence-electron chi connectivity index (χ3n) is 2.08. The third kappa shape index (κ3) is 4.66. The summed E-state index contributed by atoms with van der Waals surface area (Å²) in [6.07, 6.45) is 2.33. The Balaban J connectivity index is 2.34. The number of nitrogens with one attached hydrogen (secondary N) is 1. The second kappa shape index (κ2) is 7.41. The van der Waals surface area contributed by atoms with Gasteiger partial charge in [-0.1, -0.05) is 46.3 Å². The molecule has 1 nitrogen and oxygen atoms in total. The molecule has 0 saturated carbocycles. The maximum Gasteiger partial charge on any atom is 0.146 e. The van der Waals surface area contributed by atoms with Gasteiger partial charge in [0.15, 0.2) is 0 Å². The van der Waals surface area contributed by atoms with Crippen LogP contribution in [0.3, 0.4) is 0 Å². The van der Waals surface area contributed by atoms with Gasteiger partial charge in [-0.3, -0.25) is 0 Å².